The second kappa shape index (κ2) is 10.3. The van der Waals surface area contributed by atoms with E-state index in [0.29, 0.717) is 22.6 Å². The van der Waals surface area contributed by atoms with Crippen LogP contribution < -0.4 is 20.1 Å². The van der Waals surface area contributed by atoms with Crippen molar-refractivity contribution in [2.24, 2.45) is 5.92 Å². The van der Waals surface area contributed by atoms with Crippen LogP contribution in [0.4, 0.5) is 4.39 Å². The number of halogens is 2. The molecule has 162 valence electrons. The lowest BCUT2D eigenvalue weighted by molar-refractivity contribution is -0.124. The summed E-state index contributed by atoms with van der Waals surface area (Å²) in [6.07, 6.45) is 0. The molecule has 0 saturated carbocycles. The molecule has 0 saturated heterocycles. The molecule has 0 aliphatic carbocycles. The zero-order valence-electron chi connectivity index (χ0n) is 17.6. The Bertz CT molecular complexity index is 898. The van der Waals surface area contributed by atoms with Gasteiger partial charge in [-0.1, -0.05) is 31.5 Å². The number of ether oxygens (including phenoxy) is 2. The topological polar surface area (TPSA) is 76.7 Å². The number of rotatable bonds is 8. The molecule has 0 heterocycles. The summed E-state index contributed by atoms with van der Waals surface area (Å²) in [5, 5.41) is 5.59. The van der Waals surface area contributed by atoms with Gasteiger partial charge in [0, 0.05) is 11.6 Å². The van der Waals surface area contributed by atoms with Gasteiger partial charge in [0.1, 0.15) is 23.4 Å². The van der Waals surface area contributed by atoms with Crippen LogP contribution in [0.1, 0.15) is 42.7 Å². The lowest BCUT2D eigenvalue weighted by atomic mass is 10.0. The molecule has 0 spiro atoms. The Morgan fingerprint density at radius 3 is 2.07 bits per heavy atom. The SMILES string of the molecule is COc1cc(OC)cc(C(=O)NC(C(=O)NC(C)c2ccc(F)c(Cl)c2)C(C)C)c1. The number of nitrogens with one attached hydrogen (secondary N) is 2. The van der Waals surface area contributed by atoms with E-state index >= 15 is 0 Å². The van der Waals surface area contributed by atoms with Gasteiger partial charge in [0.15, 0.2) is 0 Å². The van der Waals surface area contributed by atoms with Gasteiger partial charge < -0.3 is 20.1 Å². The highest BCUT2D eigenvalue weighted by Crippen LogP contribution is 2.23. The normalized spacial score (nSPS) is 12.8. The Morgan fingerprint density at radius 1 is 0.967 bits per heavy atom. The average molecular weight is 437 g/mol. The third-order valence-corrected chi connectivity index (χ3v) is 4.94. The maximum Gasteiger partial charge on any atom is 0.252 e. The molecule has 8 heteroatoms. The van der Waals surface area contributed by atoms with Crippen LogP contribution in [0, 0.1) is 11.7 Å². The molecule has 0 bridgehead atoms. The molecule has 2 aromatic rings. The highest BCUT2D eigenvalue weighted by atomic mass is 35.5. The van der Waals surface area contributed by atoms with Crippen LogP contribution in [0.25, 0.3) is 0 Å². The molecule has 30 heavy (non-hydrogen) atoms. The predicted octanol–water partition coefficient (Wildman–Crippen LogP) is 4.13. The minimum absolute atomic E-state index is 0.0192. The Morgan fingerprint density at radius 2 is 1.57 bits per heavy atom. The van der Waals surface area contributed by atoms with E-state index in [1.807, 2.05) is 13.8 Å². The van der Waals surface area contributed by atoms with Crippen LogP contribution in [0.2, 0.25) is 5.02 Å². The van der Waals surface area contributed by atoms with Crippen LogP contribution in [-0.4, -0.2) is 32.1 Å². The average Bonchev–Trinajstić information content (AvgIpc) is 2.72. The molecule has 2 rings (SSSR count). The summed E-state index contributed by atoms with van der Waals surface area (Å²) >= 11 is 5.83. The molecule has 2 amide bonds. The Hall–Kier alpha value is -2.80. The van der Waals surface area contributed by atoms with E-state index in [1.165, 1.54) is 26.4 Å². The third-order valence-electron chi connectivity index (χ3n) is 4.65. The molecule has 2 aromatic carbocycles. The lowest BCUT2D eigenvalue weighted by Gasteiger charge is -2.24. The predicted molar refractivity (Wildman–Crippen MR) is 114 cm³/mol. The van der Waals surface area contributed by atoms with Crippen LogP contribution in [-0.2, 0) is 4.79 Å². The van der Waals surface area contributed by atoms with Crippen molar-refractivity contribution in [3.63, 3.8) is 0 Å². The number of benzene rings is 2. The third kappa shape index (κ3) is 5.86. The number of hydrogen-bond donors (Lipinski definition) is 2. The molecular weight excluding hydrogens is 411 g/mol. The first-order valence-electron chi connectivity index (χ1n) is 9.45. The van der Waals surface area contributed by atoms with Crippen molar-refractivity contribution >= 4 is 23.4 Å². The minimum Gasteiger partial charge on any atom is -0.497 e. The van der Waals surface area contributed by atoms with Crippen LogP contribution >= 0.6 is 11.6 Å². The van der Waals surface area contributed by atoms with E-state index in [2.05, 4.69) is 10.6 Å². The maximum atomic E-state index is 13.4. The first kappa shape index (κ1) is 23.5. The Labute approximate surface area is 180 Å². The maximum absolute atomic E-state index is 13.4. The smallest absolute Gasteiger partial charge is 0.252 e. The van der Waals surface area contributed by atoms with Gasteiger partial charge in [0.2, 0.25) is 5.91 Å². The largest absolute Gasteiger partial charge is 0.497 e. The van der Waals surface area contributed by atoms with E-state index in [1.54, 1.807) is 31.2 Å². The Balaban J connectivity index is 2.15. The van der Waals surface area contributed by atoms with Crippen molar-refractivity contribution in [2.75, 3.05) is 14.2 Å². The van der Waals surface area contributed by atoms with Gasteiger partial charge >= 0.3 is 0 Å². The van der Waals surface area contributed by atoms with Gasteiger partial charge in [-0.2, -0.15) is 0 Å². The summed E-state index contributed by atoms with van der Waals surface area (Å²) in [7, 11) is 2.98. The van der Waals surface area contributed by atoms with Gasteiger partial charge in [0.05, 0.1) is 25.3 Å². The molecule has 0 aromatic heterocycles. The molecule has 2 atom stereocenters. The molecular formula is C22H26ClFN2O4. The molecule has 0 radical (unpaired) electrons. The van der Waals surface area contributed by atoms with Gasteiger partial charge in [-0.3, -0.25) is 9.59 Å². The zero-order valence-corrected chi connectivity index (χ0v) is 18.3. The fourth-order valence-electron chi connectivity index (χ4n) is 2.87. The van der Waals surface area contributed by atoms with E-state index in [0.717, 1.165) is 0 Å². The summed E-state index contributed by atoms with van der Waals surface area (Å²) in [6.45, 7) is 5.42. The molecule has 6 nitrogen and oxygen atoms in total. The summed E-state index contributed by atoms with van der Waals surface area (Å²) in [4.78, 5) is 25.6. The second-order valence-electron chi connectivity index (χ2n) is 7.20. The monoisotopic (exact) mass is 436 g/mol. The Kier molecular flexibility index (Phi) is 8.06. The lowest BCUT2D eigenvalue weighted by Crippen LogP contribution is -2.50. The van der Waals surface area contributed by atoms with Crippen LogP contribution in [0.15, 0.2) is 36.4 Å². The quantitative estimate of drug-likeness (QED) is 0.652. The van der Waals surface area contributed by atoms with Gasteiger partial charge in [-0.15, -0.1) is 0 Å². The van der Waals surface area contributed by atoms with E-state index in [4.69, 9.17) is 21.1 Å². The van der Waals surface area contributed by atoms with Crippen LogP contribution in [0.5, 0.6) is 11.5 Å². The van der Waals surface area contributed by atoms with Crippen molar-refractivity contribution in [3.8, 4) is 11.5 Å². The molecule has 2 unspecified atom stereocenters. The van der Waals surface area contributed by atoms with Gasteiger partial charge in [0.25, 0.3) is 5.91 Å². The second-order valence-corrected chi connectivity index (χ2v) is 7.61. The highest BCUT2D eigenvalue weighted by molar-refractivity contribution is 6.30. The van der Waals surface area contributed by atoms with E-state index < -0.39 is 23.8 Å². The van der Waals surface area contributed by atoms with E-state index in [9.17, 15) is 14.0 Å². The fraction of sp³-hybridized carbons (Fsp3) is 0.364. The van der Waals surface area contributed by atoms with Gasteiger partial charge in [-0.25, -0.2) is 4.39 Å². The molecule has 0 fully saturated rings. The minimum atomic E-state index is -0.784. The molecule has 2 N–H and O–H groups in total. The number of hydrogen-bond acceptors (Lipinski definition) is 4. The summed E-state index contributed by atoms with van der Waals surface area (Å²) in [5.74, 6) is -0.566. The van der Waals surface area contributed by atoms with Crippen LogP contribution in [0.3, 0.4) is 0 Å². The van der Waals surface area contributed by atoms with Crippen molar-refractivity contribution in [1.82, 2.24) is 10.6 Å². The number of carbonyl (C=O) groups excluding carboxylic acids is 2. The molecule has 0 aliphatic rings. The van der Waals surface area contributed by atoms with Crippen molar-refractivity contribution in [3.05, 3.63) is 58.4 Å². The fourth-order valence-corrected chi connectivity index (χ4v) is 3.06. The number of amides is 2. The summed E-state index contributed by atoms with van der Waals surface area (Å²) in [6, 6.07) is 7.84. The number of carbonyl (C=O) groups is 2. The summed E-state index contributed by atoms with van der Waals surface area (Å²) in [5.41, 5.74) is 0.962. The standard InChI is InChI=1S/C22H26ClFN2O4/c1-12(2)20(22(28)25-13(3)14-6-7-19(24)18(23)10-14)26-21(27)15-8-16(29-4)11-17(9-15)30-5/h6-13,20H,1-5H3,(H,25,28)(H,26,27). The first-order chi connectivity index (χ1) is 14.2. The summed E-state index contributed by atoms with van der Waals surface area (Å²) < 4.78 is 23.8. The van der Waals surface area contributed by atoms with Crippen molar-refractivity contribution in [1.29, 1.82) is 0 Å². The van der Waals surface area contributed by atoms with Crippen molar-refractivity contribution < 1.29 is 23.5 Å². The highest BCUT2D eigenvalue weighted by Gasteiger charge is 2.26. The zero-order chi connectivity index (χ0) is 22.4. The number of methoxy groups -OCH3 is 2. The molecule has 0 aliphatic heterocycles. The van der Waals surface area contributed by atoms with Crippen molar-refractivity contribution in [2.45, 2.75) is 32.9 Å². The van der Waals surface area contributed by atoms with E-state index in [-0.39, 0.29) is 16.8 Å². The first-order valence-corrected chi connectivity index (χ1v) is 9.83. The van der Waals surface area contributed by atoms with Gasteiger partial charge in [-0.05, 0) is 42.7 Å².